The number of sulfone groups is 1. The van der Waals surface area contributed by atoms with Crippen LogP contribution in [0.15, 0.2) is 77.7 Å². The SMILES string of the molecule is CCN(C(=O)c1ccc(NC(=O)Cc2ccc(S(=O)(=O)CC)cc2)cc1C)c1ccccc1. The molecular formula is C26H28N2O4S. The van der Waals surface area contributed by atoms with Gasteiger partial charge in [-0.25, -0.2) is 8.42 Å². The van der Waals surface area contributed by atoms with Crippen LogP contribution in [0, 0.1) is 6.92 Å². The number of carbonyl (C=O) groups is 2. The monoisotopic (exact) mass is 464 g/mol. The van der Waals surface area contributed by atoms with E-state index in [1.54, 1.807) is 42.2 Å². The van der Waals surface area contributed by atoms with Crippen LogP contribution >= 0.6 is 0 Å². The van der Waals surface area contributed by atoms with Crippen molar-refractivity contribution in [3.8, 4) is 0 Å². The largest absolute Gasteiger partial charge is 0.326 e. The van der Waals surface area contributed by atoms with Crippen molar-refractivity contribution in [2.75, 3.05) is 22.5 Å². The Labute approximate surface area is 195 Å². The molecule has 0 spiro atoms. The number of rotatable bonds is 8. The van der Waals surface area contributed by atoms with Crippen LogP contribution in [-0.2, 0) is 21.1 Å². The third-order valence-electron chi connectivity index (χ3n) is 5.40. The van der Waals surface area contributed by atoms with Gasteiger partial charge in [-0.15, -0.1) is 0 Å². The molecule has 0 saturated carbocycles. The lowest BCUT2D eigenvalue weighted by molar-refractivity contribution is -0.115. The van der Waals surface area contributed by atoms with Crippen LogP contribution in [0.1, 0.15) is 35.3 Å². The van der Waals surface area contributed by atoms with Crippen LogP contribution in [0.4, 0.5) is 11.4 Å². The molecule has 1 N–H and O–H groups in total. The molecule has 0 heterocycles. The van der Waals surface area contributed by atoms with Gasteiger partial charge in [-0.05, 0) is 67.4 Å². The van der Waals surface area contributed by atoms with Crippen molar-refractivity contribution in [2.45, 2.75) is 32.1 Å². The summed E-state index contributed by atoms with van der Waals surface area (Å²) >= 11 is 0. The quantitative estimate of drug-likeness (QED) is 0.527. The molecule has 6 nitrogen and oxygen atoms in total. The number of nitrogens with zero attached hydrogens (tertiary/aromatic N) is 1. The zero-order chi connectivity index (χ0) is 24.0. The number of benzene rings is 3. The highest BCUT2D eigenvalue weighted by molar-refractivity contribution is 7.91. The van der Waals surface area contributed by atoms with Crippen LogP contribution in [-0.4, -0.2) is 32.5 Å². The first kappa shape index (κ1) is 24.2. The van der Waals surface area contributed by atoms with Crippen molar-refractivity contribution in [1.29, 1.82) is 0 Å². The number of nitrogens with one attached hydrogen (secondary N) is 1. The molecule has 33 heavy (non-hydrogen) atoms. The Hall–Kier alpha value is -3.45. The lowest BCUT2D eigenvalue weighted by Crippen LogP contribution is -2.31. The summed E-state index contributed by atoms with van der Waals surface area (Å²) in [5.74, 6) is -0.285. The summed E-state index contributed by atoms with van der Waals surface area (Å²) in [5.41, 5.74) is 3.49. The van der Waals surface area contributed by atoms with Crippen molar-refractivity contribution in [1.82, 2.24) is 0 Å². The highest BCUT2D eigenvalue weighted by atomic mass is 32.2. The van der Waals surface area contributed by atoms with E-state index >= 15 is 0 Å². The molecule has 0 atom stereocenters. The highest BCUT2D eigenvalue weighted by Gasteiger charge is 2.18. The van der Waals surface area contributed by atoms with Gasteiger partial charge in [0.2, 0.25) is 5.91 Å². The summed E-state index contributed by atoms with van der Waals surface area (Å²) in [6.07, 6.45) is 0.115. The van der Waals surface area contributed by atoms with Gasteiger partial charge in [0.1, 0.15) is 0 Å². The smallest absolute Gasteiger partial charge is 0.258 e. The molecule has 0 unspecified atom stereocenters. The van der Waals surface area contributed by atoms with E-state index in [2.05, 4.69) is 5.32 Å². The number of hydrogen-bond donors (Lipinski definition) is 1. The number of hydrogen-bond acceptors (Lipinski definition) is 4. The average Bonchev–Trinajstić information content (AvgIpc) is 2.80. The number of amides is 2. The zero-order valence-corrected chi connectivity index (χ0v) is 19.9. The first-order valence-corrected chi connectivity index (χ1v) is 12.5. The molecule has 3 rings (SSSR count). The van der Waals surface area contributed by atoms with E-state index in [4.69, 9.17) is 0 Å². The van der Waals surface area contributed by atoms with E-state index in [0.29, 0.717) is 23.4 Å². The zero-order valence-electron chi connectivity index (χ0n) is 19.0. The summed E-state index contributed by atoms with van der Waals surface area (Å²) in [4.78, 5) is 27.5. The Kier molecular flexibility index (Phi) is 7.66. The second-order valence-electron chi connectivity index (χ2n) is 7.69. The maximum atomic E-state index is 13.1. The molecule has 3 aromatic rings. The molecule has 7 heteroatoms. The number of anilines is 2. The van der Waals surface area contributed by atoms with Gasteiger partial charge in [0.15, 0.2) is 9.84 Å². The number of para-hydroxylation sites is 1. The second kappa shape index (κ2) is 10.4. The molecule has 2 amide bonds. The predicted octanol–water partition coefficient (Wildman–Crippen LogP) is 4.64. The van der Waals surface area contributed by atoms with E-state index < -0.39 is 9.84 Å². The third-order valence-corrected chi connectivity index (χ3v) is 7.15. The van der Waals surface area contributed by atoms with Crippen molar-refractivity contribution < 1.29 is 18.0 Å². The minimum absolute atomic E-state index is 0.0338. The van der Waals surface area contributed by atoms with Gasteiger partial charge in [0, 0.05) is 23.5 Å². The molecule has 3 aromatic carbocycles. The van der Waals surface area contributed by atoms with Crippen LogP contribution in [0.25, 0.3) is 0 Å². The molecule has 0 radical (unpaired) electrons. The van der Waals surface area contributed by atoms with Crippen molar-refractivity contribution in [3.63, 3.8) is 0 Å². The molecule has 0 aliphatic carbocycles. The Balaban J connectivity index is 1.68. The number of carbonyl (C=O) groups excluding carboxylic acids is 2. The van der Waals surface area contributed by atoms with Crippen molar-refractivity contribution in [3.05, 3.63) is 89.5 Å². The summed E-state index contributed by atoms with van der Waals surface area (Å²) in [6.45, 7) is 5.91. The van der Waals surface area contributed by atoms with E-state index in [-0.39, 0.29) is 28.9 Å². The topological polar surface area (TPSA) is 83.6 Å². The molecule has 0 aliphatic rings. The van der Waals surface area contributed by atoms with Gasteiger partial charge in [-0.3, -0.25) is 9.59 Å². The minimum Gasteiger partial charge on any atom is -0.326 e. The third kappa shape index (κ3) is 5.87. The normalized spacial score (nSPS) is 11.1. The summed E-state index contributed by atoms with van der Waals surface area (Å²) in [7, 11) is -3.27. The van der Waals surface area contributed by atoms with Crippen LogP contribution in [0.2, 0.25) is 0 Å². The van der Waals surface area contributed by atoms with E-state index in [1.165, 1.54) is 12.1 Å². The molecule has 0 fully saturated rings. The fourth-order valence-corrected chi connectivity index (χ4v) is 4.43. The fourth-order valence-electron chi connectivity index (χ4n) is 3.55. The van der Waals surface area contributed by atoms with Gasteiger partial charge in [0.05, 0.1) is 17.1 Å². The van der Waals surface area contributed by atoms with Crippen molar-refractivity contribution >= 4 is 33.0 Å². The molecule has 0 bridgehead atoms. The standard InChI is InChI=1S/C26H28N2O4S/c1-4-28(22-9-7-6-8-10-22)26(30)24-16-13-21(17-19(24)3)27-25(29)18-20-11-14-23(15-12-20)33(31,32)5-2/h6-17H,4-5,18H2,1-3H3,(H,27,29). The Bertz CT molecular complexity index is 1240. The molecular weight excluding hydrogens is 436 g/mol. The van der Waals surface area contributed by atoms with Gasteiger partial charge in [-0.1, -0.05) is 37.3 Å². The Morgan fingerprint density at radius 3 is 2.15 bits per heavy atom. The number of aryl methyl sites for hydroxylation is 1. The molecule has 0 aliphatic heterocycles. The molecule has 0 aromatic heterocycles. The van der Waals surface area contributed by atoms with Gasteiger partial charge in [0.25, 0.3) is 5.91 Å². The predicted molar refractivity (Wildman–Crippen MR) is 131 cm³/mol. The van der Waals surface area contributed by atoms with Crippen LogP contribution in [0.5, 0.6) is 0 Å². The Morgan fingerprint density at radius 2 is 1.58 bits per heavy atom. The highest BCUT2D eigenvalue weighted by Crippen LogP contribution is 2.21. The summed E-state index contributed by atoms with van der Waals surface area (Å²) in [5, 5.41) is 2.85. The summed E-state index contributed by atoms with van der Waals surface area (Å²) < 4.78 is 23.8. The van der Waals surface area contributed by atoms with Gasteiger partial charge < -0.3 is 10.2 Å². The fraction of sp³-hybridized carbons (Fsp3) is 0.231. The maximum absolute atomic E-state index is 13.1. The van der Waals surface area contributed by atoms with E-state index in [1.807, 2.05) is 44.2 Å². The lowest BCUT2D eigenvalue weighted by Gasteiger charge is -2.22. The maximum Gasteiger partial charge on any atom is 0.258 e. The van der Waals surface area contributed by atoms with Crippen molar-refractivity contribution in [2.24, 2.45) is 0 Å². The lowest BCUT2D eigenvalue weighted by atomic mass is 10.1. The second-order valence-corrected chi connectivity index (χ2v) is 9.97. The van der Waals surface area contributed by atoms with Gasteiger partial charge >= 0.3 is 0 Å². The average molecular weight is 465 g/mol. The minimum atomic E-state index is -3.27. The first-order chi connectivity index (χ1) is 15.7. The van der Waals surface area contributed by atoms with E-state index in [0.717, 1.165) is 11.3 Å². The molecule has 172 valence electrons. The van der Waals surface area contributed by atoms with Crippen LogP contribution in [0.3, 0.4) is 0 Å². The van der Waals surface area contributed by atoms with Gasteiger partial charge in [-0.2, -0.15) is 0 Å². The first-order valence-electron chi connectivity index (χ1n) is 10.8. The Morgan fingerprint density at radius 1 is 0.909 bits per heavy atom. The van der Waals surface area contributed by atoms with E-state index in [9.17, 15) is 18.0 Å². The molecule has 0 saturated heterocycles. The van der Waals surface area contributed by atoms with Crippen LogP contribution < -0.4 is 10.2 Å². The summed E-state index contributed by atoms with van der Waals surface area (Å²) in [6, 6.07) is 21.1.